The molecule has 0 aromatic heterocycles. The third-order valence-corrected chi connectivity index (χ3v) is 4.28. The summed E-state index contributed by atoms with van der Waals surface area (Å²) in [6.07, 6.45) is 0.987. The van der Waals surface area contributed by atoms with E-state index in [2.05, 4.69) is 31.2 Å². The summed E-state index contributed by atoms with van der Waals surface area (Å²) in [5.74, 6) is 0. The Bertz CT molecular complexity index is 612. The molecule has 0 spiro atoms. The normalized spacial score (nSPS) is 15.1. The maximum absolute atomic E-state index is 9.88. The molecule has 2 aromatic rings. The topological polar surface area (TPSA) is 40.5 Å². The Morgan fingerprint density at radius 1 is 0.895 bits per heavy atom. The van der Waals surface area contributed by atoms with Crippen LogP contribution in [0.1, 0.15) is 23.6 Å². The highest BCUT2D eigenvalue weighted by molar-refractivity contribution is 5.81. The van der Waals surface area contributed by atoms with E-state index in [4.69, 9.17) is 0 Å². The lowest BCUT2D eigenvalue weighted by Crippen LogP contribution is -2.33. The summed E-state index contributed by atoms with van der Waals surface area (Å²) < 4.78 is 0. The minimum Gasteiger partial charge on any atom is -0.395 e. The van der Waals surface area contributed by atoms with Gasteiger partial charge in [-0.2, -0.15) is 0 Å². The van der Waals surface area contributed by atoms with Gasteiger partial charge in [0, 0.05) is 0 Å². The molecule has 0 heterocycles. The number of aryl methyl sites for hydroxylation is 1. The van der Waals surface area contributed by atoms with Gasteiger partial charge in [0.1, 0.15) is 0 Å². The summed E-state index contributed by atoms with van der Waals surface area (Å²) in [4.78, 5) is 0. The largest absolute Gasteiger partial charge is 0.395 e. The lowest BCUT2D eigenvalue weighted by atomic mass is 9.79. The van der Waals surface area contributed by atoms with Gasteiger partial charge in [-0.05, 0) is 34.2 Å². The Morgan fingerprint density at radius 3 is 2.26 bits per heavy atom. The zero-order valence-electron chi connectivity index (χ0n) is 11.1. The molecule has 0 unspecified atom stereocenters. The third-order valence-electron chi connectivity index (χ3n) is 4.28. The number of aliphatic hydroxyl groups excluding tert-OH is 2. The molecule has 19 heavy (non-hydrogen) atoms. The van der Waals surface area contributed by atoms with Crippen molar-refractivity contribution in [3.8, 4) is 11.1 Å². The summed E-state index contributed by atoms with van der Waals surface area (Å²) in [6.45, 7) is 1.99. The van der Waals surface area contributed by atoms with Crippen molar-refractivity contribution in [3.05, 3.63) is 59.2 Å². The summed E-state index contributed by atoms with van der Waals surface area (Å²) in [7, 11) is 0. The predicted molar refractivity (Wildman–Crippen MR) is 76.2 cm³/mol. The van der Waals surface area contributed by atoms with Crippen molar-refractivity contribution in [1.82, 2.24) is 0 Å². The number of hydrogen-bond donors (Lipinski definition) is 2. The molecule has 0 saturated heterocycles. The first-order valence-electron chi connectivity index (χ1n) is 6.72. The molecule has 2 N–H and O–H groups in total. The molecule has 0 fully saturated rings. The van der Waals surface area contributed by atoms with E-state index >= 15 is 0 Å². The zero-order valence-corrected chi connectivity index (χ0v) is 11.1. The Morgan fingerprint density at radius 2 is 1.58 bits per heavy atom. The fraction of sp³-hybridized carbons (Fsp3) is 0.294. The first kappa shape index (κ1) is 12.4. The summed E-state index contributed by atoms with van der Waals surface area (Å²) >= 11 is 0. The van der Waals surface area contributed by atoms with Crippen LogP contribution in [-0.2, 0) is 11.8 Å². The van der Waals surface area contributed by atoms with Gasteiger partial charge in [-0.1, -0.05) is 49.4 Å². The number of benzene rings is 2. The van der Waals surface area contributed by atoms with E-state index in [9.17, 15) is 10.2 Å². The second-order valence-corrected chi connectivity index (χ2v) is 5.18. The molecule has 0 aliphatic heterocycles. The predicted octanol–water partition coefficient (Wildman–Crippen LogP) is 2.50. The molecule has 2 heteroatoms. The molecular weight excluding hydrogens is 236 g/mol. The van der Waals surface area contributed by atoms with Gasteiger partial charge in [-0.25, -0.2) is 0 Å². The third kappa shape index (κ3) is 1.57. The maximum Gasteiger partial charge on any atom is 0.0676 e. The van der Waals surface area contributed by atoms with Crippen LogP contribution in [0.3, 0.4) is 0 Å². The SMILES string of the molecule is CCc1ccc2c(c1)-c1ccccc1C2(CO)CO. The van der Waals surface area contributed by atoms with Crippen LogP contribution in [0.25, 0.3) is 11.1 Å². The maximum atomic E-state index is 9.88. The van der Waals surface area contributed by atoms with Crippen LogP contribution in [0.2, 0.25) is 0 Å². The van der Waals surface area contributed by atoms with Crippen molar-refractivity contribution < 1.29 is 10.2 Å². The first-order valence-corrected chi connectivity index (χ1v) is 6.72. The standard InChI is InChI=1S/C17H18O2/c1-2-12-7-8-16-14(9-12)13-5-3-4-6-15(13)17(16,10-18)11-19/h3-9,18-19H,2,10-11H2,1H3. The van der Waals surface area contributed by atoms with E-state index in [1.54, 1.807) is 0 Å². The van der Waals surface area contributed by atoms with Crippen molar-refractivity contribution in [3.63, 3.8) is 0 Å². The van der Waals surface area contributed by atoms with Gasteiger partial charge in [-0.3, -0.25) is 0 Å². The van der Waals surface area contributed by atoms with Crippen LogP contribution in [0, 0.1) is 0 Å². The summed E-state index contributed by atoms with van der Waals surface area (Å²) in [6, 6.07) is 14.4. The van der Waals surface area contributed by atoms with Crippen molar-refractivity contribution in [2.75, 3.05) is 13.2 Å². The summed E-state index contributed by atoms with van der Waals surface area (Å²) in [5, 5.41) is 19.8. The molecule has 0 saturated carbocycles. The minimum absolute atomic E-state index is 0.0705. The van der Waals surface area contributed by atoms with Crippen molar-refractivity contribution in [1.29, 1.82) is 0 Å². The van der Waals surface area contributed by atoms with Crippen LogP contribution < -0.4 is 0 Å². The number of aliphatic hydroxyl groups is 2. The zero-order chi connectivity index (χ0) is 13.5. The molecule has 2 nitrogen and oxygen atoms in total. The summed E-state index contributed by atoms with van der Waals surface area (Å²) in [5.41, 5.74) is 4.98. The van der Waals surface area contributed by atoms with E-state index in [1.807, 2.05) is 18.2 Å². The number of rotatable bonds is 3. The van der Waals surface area contributed by atoms with E-state index in [-0.39, 0.29) is 13.2 Å². The van der Waals surface area contributed by atoms with Gasteiger partial charge < -0.3 is 10.2 Å². The molecule has 2 aromatic carbocycles. The van der Waals surface area contributed by atoms with Gasteiger partial charge in [0.15, 0.2) is 0 Å². The molecule has 1 aliphatic carbocycles. The molecule has 3 rings (SSSR count). The van der Waals surface area contributed by atoms with Crippen molar-refractivity contribution >= 4 is 0 Å². The molecule has 0 atom stereocenters. The number of hydrogen-bond acceptors (Lipinski definition) is 2. The molecule has 0 radical (unpaired) electrons. The second-order valence-electron chi connectivity index (χ2n) is 5.18. The number of fused-ring (bicyclic) bond motifs is 3. The van der Waals surface area contributed by atoms with Crippen LogP contribution in [-0.4, -0.2) is 23.4 Å². The van der Waals surface area contributed by atoms with Gasteiger partial charge in [-0.15, -0.1) is 0 Å². The molecule has 0 bridgehead atoms. The van der Waals surface area contributed by atoms with E-state index in [0.29, 0.717) is 0 Å². The Balaban J connectivity index is 2.33. The highest BCUT2D eigenvalue weighted by Crippen LogP contribution is 2.48. The quantitative estimate of drug-likeness (QED) is 0.883. The first-order chi connectivity index (χ1) is 9.26. The lowest BCUT2D eigenvalue weighted by molar-refractivity contribution is 0.146. The van der Waals surface area contributed by atoms with Gasteiger partial charge in [0.2, 0.25) is 0 Å². The van der Waals surface area contributed by atoms with Gasteiger partial charge >= 0.3 is 0 Å². The van der Waals surface area contributed by atoms with Crippen molar-refractivity contribution in [2.45, 2.75) is 18.8 Å². The van der Waals surface area contributed by atoms with Crippen molar-refractivity contribution in [2.24, 2.45) is 0 Å². The van der Waals surface area contributed by atoms with Crippen LogP contribution in [0.15, 0.2) is 42.5 Å². The minimum atomic E-state index is -0.655. The van der Waals surface area contributed by atoms with Crippen LogP contribution in [0.5, 0.6) is 0 Å². The van der Waals surface area contributed by atoms with Gasteiger partial charge in [0.05, 0.1) is 18.6 Å². The molecule has 0 amide bonds. The van der Waals surface area contributed by atoms with Crippen LogP contribution in [0.4, 0.5) is 0 Å². The van der Waals surface area contributed by atoms with Crippen LogP contribution >= 0.6 is 0 Å². The second kappa shape index (κ2) is 4.48. The van der Waals surface area contributed by atoms with E-state index in [0.717, 1.165) is 28.7 Å². The Labute approximate surface area is 113 Å². The highest BCUT2D eigenvalue weighted by Gasteiger charge is 2.42. The fourth-order valence-corrected chi connectivity index (χ4v) is 3.12. The average Bonchev–Trinajstić information content (AvgIpc) is 2.77. The Hall–Kier alpha value is -1.64. The monoisotopic (exact) mass is 254 g/mol. The molecular formula is C17H18O2. The molecule has 1 aliphatic rings. The van der Waals surface area contributed by atoms with Gasteiger partial charge in [0.25, 0.3) is 0 Å². The average molecular weight is 254 g/mol. The smallest absolute Gasteiger partial charge is 0.0676 e. The highest BCUT2D eigenvalue weighted by atomic mass is 16.3. The molecule has 98 valence electrons. The van der Waals surface area contributed by atoms with E-state index in [1.165, 1.54) is 5.56 Å². The van der Waals surface area contributed by atoms with E-state index < -0.39 is 5.41 Å². The Kier molecular flexibility index (Phi) is 2.92. The fourth-order valence-electron chi connectivity index (χ4n) is 3.12. The lowest BCUT2D eigenvalue weighted by Gasteiger charge is -2.27.